The minimum absolute atomic E-state index is 0.326. The summed E-state index contributed by atoms with van der Waals surface area (Å²) >= 11 is 1.36. The van der Waals surface area contributed by atoms with Crippen LogP contribution in [-0.2, 0) is 22.6 Å². The lowest BCUT2D eigenvalue weighted by molar-refractivity contribution is -0.137. The van der Waals surface area contributed by atoms with Crippen LogP contribution < -0.4 is 4.72 Å². The molecule has 0 radical (unpaired) electrons. The van der Waals surface area contributed by atoms with Crippen molar-refractivity contribution < 1.29 is 21.6 Å². The molecule has 0 aliphatic rings. The van der Waals surface area contributed by atoms with Crippen molar-refractivity contribution in [2.24, 2.45) is 0 Å². The number of nitrogens with one attached hydrogen (secondary N) is 1. The van der Waals surface area contributed by atoms with Crippen molar-refractivity contribution in [3.8, 4) is 21.8 Å². The van der Waals surface area contributed by atoms with E-state index in [-0.39, 0.29) is 0 Å². The Bertz CT molecular complexity index is 1040. The summed E-state index contributed by atoms with van der Waals surface area (Å²) in [4.78, 5) is 4.51. The van der Waals surface area contributed by atoms with Crippen LogP contribution in [-0.4, -0.2) is 26.2 Å². The van der Waals surface area contributed by atoms with Crippen LogP contribution in [0.4, 0.5) is 13.2 Å². The van der Waals surface area contributed by atoms with Gasteiger partial charge in [0, 0.05) is 23.1 Å². The van der Waals surface area contributed by atoms with Crippen LogP contribution in [0, 0.1) is 0 Å². The minimum Gasteiger partial charge on any atom is -0.236 e. The van der Waals surface area contributed by atoms with E-state index in [0.29, 0.717) is 23.5 Å². The van der Waals surface area contributed by atoms with E-state index in [0.717, 1.165) is 35.2 Å². The van der Waals surface area contributed by atoms with Crippen LogP contribution in [0.3, 0.4) is 0 Å². The highest BCUT2D eigenvalue weighted by atomic mass is 32.2. The van der Waals surface area contributed by atoms with Gasteiger partial charge in [-0.3, -0.25) is 0 Å². The highest BCUT2D eigenvalue weighted by Crippen LogP contribution is 2.33. The summed E-state index contributed by atoms with van der Waals surface area (Å²) in [6.07, 6.45) is -2.67. The molecule has 0 aliphatic carbocycles. The second-order valence-electron chi connectivity index (χ2n) is 6.23. The smallest absolute Gasteiger partial charge is 0.236 e. The number of sulfonamides is 1. The number of thiazole rings is 1. The Hall–Kier alpha value is -2.23. The summed E-state index contributed by atoms with van der Waals surface area (Å²) in [5.74, 6) is 0. The van der Waals surface area contributed by atoms with Crippen LogP contribution in [0.5, 0.6) is 0 Å². The molecule has 1 N–H and O–H groups in total. The van der Waals surface area contributed by atoms with Crippen LogP contribution in [0.2, 0.25) is 0 Å². The van der Waals surface area contributed by atoms with Gasteiger partial charge >= 0.3 is 6.18 Å². The average Bonchev–Trinajstić information content (AvgIpc) is 3.11. The fraction of sp³-hybridized carbons (Fsp3) is 0.211. The Morgan fingerprint density at radius 3 is 2.18 bits per heavy atom. The lowest BCUT2D eigenvalue weighted by Crippen LogP contribution is -2.24. The fourth-order valence-electron chi connectivity index (χ4n) is 2.56. The monoisotopic (exact) mass is 426 g/mol. The van der Waals surface area contributed by atoms with Gasteiger partial charge in [-0.2, -0.15) is 13.2 Å². The van der Waals surface area contributed by atoms with E-state index in [9.17, 15) is 21.6 Å². The summed E-state index contributed by atoms with van der Waals surface area (Å²) in [7, 11) is -3.20. The molecular weight excluding hydrogens is 409 g/mol. The molecule has 0 fully saturated rings. The van der Waals surface area contributed by atoms with E-state index in [1.165, 1.54) is 23.5 Å². The quantitative estimate of drug-likeness (QED) is 0.627. The van der Waals surface area contributed by atoms with Crippen molar-refractivity contribution in [2.45, 2.75) is 12.6 Å². The first kappa shape index (κ1) is 20.5. The molecule has 2 aromatic carbocycles. The van der Waals surface area contributed by atoms with Gasteiger partial charge < -0.3 is 0 Å². The first-order valence-electron chi connectivity index (χ1n) is 8.29. The molecule has 28 heavy (non-hydrogen) atoms. The highest BCUT2D eigenvalue weighted by molar-refractivity contribution is 7.88. The van der Waals surface area contributed by atoms with Crippen molar-refractivity contribution in [3.05, 3.63) is 65.0 Å². The summed E-state index contributed by atoms with van der Waals surface area (Å²) in [6, 6.07) is 12.5. The number of rotatable bonds is 6. The summed E-state index contributed by atoms with van der Waals surface area (Å²) < 4.78 is 62.6. The van der Waals surface area contributed by atoms with Gasteiger partial charge in [0.1, 0.15) is 5.01 Å². The molecule has 3 rings (SSSR count). The standard InChI is InChI=1S/C19H17F3N2O2S2/c1-28(25,26)23-11-10-13-2-4-14(5-3-13)17-12-27-18(24-17)15-6-8-16(9-7-15)19(20,21)22/h2-9,12,23H,10-11H2,1H3. The molecule has 1 heterocycles. The van der Waals surface area contributed by atoms with Gasteiger partial charge in [-0.15, -0.1) is 11.3 Å². The predicted octanol–water partition coefficient (Wildman–Crippen LogP) is 4.59. The van der Waals surface area contributed by atoms with Crippen molar-refractivity contribution >= 4 is 21.4 Å². The average molecular weight is 426 g/mol. The fourth-order valence-corrected chi connectivity index (χ4v) is 3.87. The SMILES string of the molecule is CS(=O)(=O)NCCc1ccc(-c2csc(-c3ccc(C(F)(F)F)cc3)n2)cc1. The zero-order valence-corrected chi connectivity index (χ0v) is 16.5. The molecule has 0 spiro atoms. The lowest BCUT2D eigenvalue weighted by atomic mass is 10.1. The van der Waals surface area contributed by atoms with Crippen molar-refractivity contribution in [1.29, 1.82) is 0 Å². The number of nitrogens with zero attached hydrogens (tertiary/aromatic N) is 1. The topological polar surface area (TPSA) is 59.1 Å². The van der Waals surface area contributed by atoms with Gasteiger partial charge in [0.15, 0.2) is 0 Å². The molecule has 1 aromatic heterocycles. The van der Waals surface area contributed by atoms with E-state index in [2.05, 4.69) is 9.71 Å². The maximum Gasteiger partial charge on any atom is 0.416 e. The van der Waals surface area contributed by atoms with Crippen molar-refractivity contribution in [2.75, 3.05) is 12.8 Å². The third-order valence-corrected chi connectivity index (χ3v) is 5.61. The highest BCUT2D eigenvalue weighted by Gasteiger charge is 2.30. The third kappa shape index (κ3) is 5.40. The first-order valence-corrected chi connectivity index (χ1v) is 11.1. The molecule has 4 nitrogen and oxygen atoms in total. The third-order valence-electron chi connectivity index (χ3n) is 3.99. The Balaban J connectivity index is 1.70. The number of hydrogen-bond donors (Lipinski definition) is 1. The van der Waals surface area contributed by atoms with Gasteiger partial charge in [-0.1, -0.05) is 36.4 Å². The van der Waals surface area contributed by atoms with Crippen molar-refractivity contribution in [1.82, 2.24) is 9.71 Å². The molecule has 0 saturated heterocycles. The Labute approximate surface area is 165 Å². The van der Waals surface area contributed by atoms with Gasteiger partial charge in [0.05, 0.1) is 17.5 Å². The zero-order valence-electron chi connectivity index (χ0n) is 14.8. The Morgan fingerprint density at radius 2 is 1.61 bits per heavy atom. The number of aromatic nitrogens is 1. The van der Waals surface area contributed by atoms with E-state index in [4.69, 9.17) is 0 Å². The molecule has 0 saturated carbocycles. The van der Waals surface area contributed by atoms with E-state index < -0.39 is 21.8 Å². The first-order chi connectivity index (χ1) is 13.1. The molecule has 0 atom stereocenters. The number of halogens is 3. The van der Waals surface area contributed by atoms with E-state index in [1.807, 2.05) is 29.6 Å². The Kier molecular flexibility index (Phi) is 5.87. The van der Waals surface area contributed by atoms with Gasteiger partial charge in [-0.25, -0.2) is 18.1 Å². The van der Waals surface area contributed by atoms with Crippen LogP contribution >= 0.6 is 11.3 Å². The van der Waals surface area contributed by atoms with Crippen LogP contribution in [0.25, 0.3) is 21.8 Å². The molecule has 0 bridgehead atoms. The molecule has 0 amide bonds. The molecule has 9 heteroatoms. The Morgan fingerprint density at radius 1 is 1.00 bits per heavy atom. The summed E-state index contributed by atoms with van der Waals surface area (Å²) in [6.45, 7) is 0.326. The lowest BCUT2D eigenvalue weighted by Gasteiger charge is -2.06. The molecule has 3 aromatic rings. The molecule has 148 valence electrons. The largest absolute Gasteiger partial charge is 0.416 e. The van der Waals surface area contributed by atoms with Gasteiger partial charge in [-0.05, 0) is 24.1 Å². The number of benzene rings is 2. The zero-order chi connectivity index (χ0) is 20.4. The minimum atomic E-state index is -4.36. The number of hydrogen-bond acceptors (Lipinski definition) is 4. The molecule has 0 unspecified atom stereocenters. The van der Waals surface area contributed by atoms with E-state index in [1.54, 1.807) is 0 Å². The van der Waals surface area contributed by atoms with Gasteiger partial charge in [0.25, 0.3) is 0 Å². The number of alkyl halides is 3. The summed E-state index contributed by atoms with van der Waals surface area (Å²) in [5.41, 5.74) is 2.55. The maximum absolute atomic E-state index is 12.7. The molecule has 0 aliphatic heterocycles. The summed E-state index contributed by atoms with van der Waals surface area (Å²) in [5, 5.41) is 2.50. The van der Waals surface area contributed by atoms with Crippen LogP contribution in [0.15, 0.2) is 53.9 Å². The maximum atomic E-state index is 12.7. The second-order valence-corrected chi connectivity index (χ2v) is 8.92. The van der Waals surface area contributed by atoms with Crippen molar-refractivity contribution in [3.63, 3.8) is 0 Å². The van der Waals surface area contributed by atoms with Crippen LogP contribution in [0.1, 0.15) is 11.1 Å². The molecular formula is C19H17F3N2O2S2. The predicted molar refractivity (Wildman–Crippen MR) is 105 cm³/mol. The van der Waals surface area contributed by atoms with Gasteiger partial charge in [0.2, 0.25) is 10.0 Å². The van der Waals surface area contributed by atoms with E-state index >= 15 is 0 Å². The normalized spacial score (nSPS) is 12.3. The second kappa shape index (κ2) is 8.02.